The fraction of sp³-hybridized carbons (Fsp3) is 0.508. The molecule has 0 radical (unpaired) electrons. The van der Waals surface area contributed by atoms with Crippen molar-refractivity contribution in [3.05, 3.63) is 156 Å². The highest BCUT2D eigenvalue weighted by atomic mass is 16.6. The van der Waals surface area contributed by atoms with E-state index in [0.29, 0.717) is 36.0 Å². The highest BCUT2D eigenvalue weighted by molar-refractivity contribution is 5.92. The number of esters is 3. The summed E-state index contributed by atoms with van der Waals surface area (Å²) in [5, 5.41) is 5.27. The maximum Gasteiger partial charge on any atom is 0.325 e. The third-order valence-corrected chi connectivity index (χ3v) is 12.6. The molecule has 2 amide bonds. The molecule has 398 valence electrons. The number of nitrogens with one attached hydrogen (secondary N) is 2. The average molecular weight is 1000 g/mol. The van der Waals surface area contributed by atoms with E-state index in [1.807, 2.05) is 91.0 Å². The molecule has 3 aromatic rings. The fourth-order valence-corrected chi connectivity index (χ4v) is 8.49. The molecule has 0 aliphatic rings. The minimum absolute atomic E-state index is 0.255. The maximum absolute atomic E-state index is 14.7. The zero-order valence-corrected chi connectivity index (χ0v) is 44.4. The first-order valence-corrected chi connectivity index (χ1v) is 27.6. The number of unbranched alkanes of at least 4 members (excludes halogenated alkanes) is 16. The number of rotatable bonds is 41. The van der Waals surface area contributed by atoms with Crippen molar-refractivity contribution in [2.24, 2.45) is 0 Å². The van der Waals surface area contributed by atoms with Gasteiger partial charge in [0.25, 0.3) is 0 Å². The van der Waals surface area contributed by atoms with Crippen LogP contribution in [0.3, 0.4) is 0 Å². The van der Waals surface area contributed by atoms with E-state index in [9.17, 15) is 24.0 Å². The number of hydrogen-bond donors (Lipinski definition) is 2. The summed E-state index contributed by atoms with van der Waals surface area (Å²) in [6, 6.07) is 27.9. The first-order chi connectivity index (χ1) is 35.8. The van der Waals surface area contributed by atoms with E-state index in [0.717, 1.165) is 89.9 Å². The van der Waals surface area contributed by atoms with Crippen LogP contribution in [0.2, 0.25) is 0 Å². The summed E-state index contributed by atoms with van der Waals surface area (Å²) in [7, 11) is 0. The summed E-state index contributed by atoms with van der Waals surface area (Å²) in [5.41, 5.74) is 0.594. The van der Waals surface area contributed by atoms with E-state index in [1.165, 1.54) is 38.5 Å². The molecule has 73 heavy (non-hydrogen) atoms. The maximum atomic E-state index is 14.7. The molecule has 0 saturated carbocycles. The first kappa shape index (κ1) is 61.3. The van der Waals surface area contributed by atoms with E-state index in [2.05, 4.69) is 73.1 Å². The van der Waals surface area contributed by atoms with E-state index in [-0.39, 0.29) is 24.8 Å². The van der Waals surface area contributed by atoms with Crippen LogP contribution in [-0.4, -0.2) is 62.1 Å². The second-order valence-electron chi connectivity index (χ2n) is 18.8. The van der Waals surface area contributed by atoms with Gasteiger partial charge < -0.3 is 24.8 Å². The van der Waals surface area contributed by atoms with Crippen LogP contribution in [0.1, 0.15) is 185 Å². The van der Waals surface area contributed by atoms with Gasteiger partial charge in [0.2, 0.25) is 11.8 Å². The van der Waals surface area contributed by atoms with Gasteiger partial charge in [-0.25, -0.2) is 0 Å². The average Bonchev–Trinajstić information content (AvgIpc) is 3.41. The molecular weight excluding hydrogens is 913 g/mol. The molecule has 0 heterocycles. The standard InChI is InChI=1S/C63H88N2O8/c1-3-5-7-9-11-13-15-17-19-21-23-25-27-29-40-48-58(66)64-50-60(68)71-52-57(73-61(69)51-65-59(67)49-41-30-28-26-24-22-20-18-16-14-12-10-8-6-4-2)53-72-62(70)63(54-42-34-31-35-43-54,55-44-36-32-37-45-55)56-46-38-33-39-47-56/h11-14,17-20,31-39,42-47,57H,3-10,15-16,21-30,40-41,48-53H2,1-2H3,(H,64,66)(H,65,67)/b13-11-,14-12-,19-17-,20-18-. The molecule has 0 aliphatic heterocycles. The SMILES string of the molecule is CCCCC/C=C\C/C=C\CCCCCCCC(=O)NCC(=O)OCC(COC(=O)C(c1ccccc1)(c1ccccc1)c1ccccc1)OC(=O)CNC(=O)CCCCCCC/C=C\C/C=C\CCCCC. The second kappa shape index (κ2) is 40.5. The van der Waals surface area contributed by atoms with Crippen LogP contribution in [0, 0.1) is 0 Å². The van der Waals surface area contributed by atoms with Crippen molar-refractivity contribution < 1.29 is 38.2 Å². The molecule has 10 heteroatoms. The Kier molecular flexibility index (Phi) is 34.0. The van der Waals surface area contributed by atoms with Gasteiger partial charge in [-0.05, 0) is 93.7 Å². The van der Waals surface area contributed by atoms with Crippen LogP contribution in [0.4, 0.5) is 0 Å². The molecule has 0 bridgehead atoms. The Bertz CT molecular complexity index is 1970. The van der Waals surface area contributed by atoms with Gasteiger partial charge in [0.15, 0.2) is 6.10 Å². The van der Waals surface area contributed by atoms with Crippen LogP contribution < -0.4 is 10.6 Å². The Balaban J connectivity index is 1.50. The largest absolute Gasteiger partial charge is 0.460 e. The van der Waals surface area contributed by atoms with Crippen LogP contribution in [0.25, 0.3) is 0 Å². The van der Waals surface area contributed by atoms with Gasteiger partial charge in [-0.15, -0.1) is 0 Å². The normalized spacial score (nSPS) is 12.1. The third kappa shape index (κ3) is 27.0. The summed E-state index contributed by atoms with van der Waals surface area (Å²) in [4.78, 5) is 66.3. The Labute approximate surface area is 438 Å². The number of ether oxygens (including phenoxy) is 3. The Hall–Kier alpha value is -6.03. The van der Waals surface area contributed by atoms with Gasteiger partial charge in [0.05, 0.1) is 0 Å². The molecule has 3 aromatic carbocycles. The summed E-state index contributed by atoms with van der Waals surface area (Å²) in [5.74, 6) is -2.68. The van der Waals surface area contributed by atoms with Crippen molar-refractivity contribution >= 4 is 29.7 Å². The Morgan fingerprint density at radius 2 is 0.795 bits per heavy atom. The fourth-order valence-electron chi connectivity index (χ4n) is 8.49. The molecule has 0 aromatic heterocycles. The molecule has 1 atom stereocenters. The predicted molar refractivity (Wildman–Crippen MR) is 296 cm³/mol. The van der Waals surface area contributed by atoms with Crippen molar-refractivity contribution in [1.29, 1.82) is 0 Å². The molecule has 0 aliphatic carbocycles. The van der Waals surface area contributed by atoms with Gasteiger partial charge in [-0.3, -0.25) is 24.0 Å². The van der Waals surface area contributed by atoms with Crippen molar-refractivity contribution in [1.82, 2.24) is 10.6 Å². The number of allylic oxidation sites excluding steroid dienone is 8. The molecule has 0 saturated heterocycles. The van der Waals surface area contributed by atoms with Crippen molar-refractivity contribution in [2.45, 2.75) is 179 Å². The second-order valence-corrected chi connectivity index (χ2v) is 18.8. The first-order valence-electron chi connectivity index (χ1n) is 27.6. The molecule has 3 rings (SSSR count). The lowest BCUT2D eigenvalue weighted by atomic mass is 9.69. The molecule has 10 nitrogen and oxygen atoms in total. The van der Waals surface area contributed by atoms with Crippen molar-refractivity contribution in [3.63, 3.8) is 0 Å². The Morgan fingerprint density at radius 1 is 0.438 bits per heavy atom. The van der Waals surface area contributed by atoms with Crippen molar-refractivity contribution in [3.8, 4) is 0 Å². The molecule has 2 N–H and O–H groups in total. The summed E-state index contributed by atoms with van der Waals surface area (Å²) >= 11 is 0. The van der Waals surface area contributed by atoms with Crippen LogP contribution in [0.5, 0.6) is 0 Å². The molecular formula is C63H88N2O8. The van der Waals surface area contributed by atoms with E-state index in [1.54, 1.807) is 0 Å². The quantitative estimate of drug-likeness (QED) is 0.0188. The molecule has 1 unspecified atom stereocenters. The summed E-state index contributed by atoms with van der Waals surface area (Å²) < 4.78 is 17.3. The number of amides is 2. The van der Waals surface area contributed by atoms with Gasteiger partial charge in [0, 0.05) is 12.8 Å². The minimum Gasteiger partial charge on any atom is -0.460 e. The van der Waals surface area contributed by atoms with Crippen LogP contribution >= 0.6 is 0 Å². The minimum atomic E-state index is -1.41. The molecule has 0 fully saturated rings. The van der Waals surface area contributed by atoms with Crippen LogP contribution in [0.15, 0.2) is 140 Å². The summed E-state index contributed by atoms with van der Waals surface area (Å²) in [6.07, 6.45) is 41.0. The monoisotopic (exact) mass is 1000 g/mol. The van der Waals surface area contributed by atoms with E-state index in [4.69, 9.17) is 14.2 Å². The number of hydrogen-bond acceptors (Lipinski definition) is 8. The van der Waals surface area contributed by atoms with E-state index < -0.39 is 49.2 Å². The number of carbonyl (C=O) groups is 5. The third-order valence-electron chi connectivity index (χ3n) is 12.6. The lowest BCUT2D eigenvalue weighted by Crippen LogP contribution is -2.42. The van der Waals surface area contributed by atoms with Gasteiger partial charge >= 0.3 is 17.9 Å². The zero-order chi connectivity index (χ0) is 52.3. The number of benzene rings is 3. The lowest BCUT2D eigenvalue weighted by Gasteiger charge is -2.34. The smallest absolute Gasteiger partial charge is 0.325 e. The lowest BCUT2D eigenvalue weighted by molar-refractivity contribution is -0.167. The highest BCUT2D eigenvalue weighted by Gasteiger charge is 2.45. The van der Waals surface area contributed by atoms with Gasteiger partial charge in [-0.2, -0.15) is 0 Å². The van der Waals surface area contributed by atoms with Crippen LogP contribution in [-0.2, 0) is 43.6 Å². The zero-order valence-electron chi connectivity index (χ0n) is 44.4. The van der Waals surface area contributed by atoms with Gasteiger partial charge in [-0.1, -0.05) is 218 Å². The van der Waals surface area contributed by atoms with Crippen molar-refractivity contribution in [2.75, 3.05) is 26.3 Å². The van der Waals surface area contributed by atoms with Gasteiger partial charge in [0.1, 0.15) is 31.7 Å². The summed E-state index contributed by atoms with van der Waals surface area (Å²) in [6.45, 7) is 2.75. The van der Waals surface area contributed by atoms with E-state index >= 15 is 0 Å². The number of carbonyl (C=O) groups excluding carboxylic acids is 5. The topological polar surface area (TPSA) is 137 Å². The Morgan fingerprint density at radius 3 is 1.21 bits per heavy atom. The predicted octanol–water partition coefficient (Wildman–Crippen LogP) is 13.9. The molecule has 0 spiro atoms. The highest BCUT2D eigenvalue weighted by Crippen LogP contribution is 2.40.